The number of hydrogen-bond acceptors (Lipinski definition) is 6. The molecule has 0 amide bonds. The van der Waals surface area contributed by atoms with Gasteiger partial charge in [-0.3, -0.25) is 9.78 Å². The summed E-state index contributed by atoms with van der Waals surface area (Å²) in [6, 6.07) is 5.21. The predicted molar refractivity (Wildman–Crippen MR) is 83.5 cm³/mol. The molecule has 0 atom stereocenters. The number of nitrogens with zero attached hydrogens (tertiary/aromatic N) is 4. The van der Waals surface area contributed by atoms with E-state index in [0.29, 0.717) is 6.54 Å². The van der Waals surface area contributed by atoms with E-state index in [1.54, 1.807) is 37.7 Å². The second-order valence-electron chi connectivity index (χ2n) is 5.13. The van der Waals surface area contributed by atoms with Gasteiger partial charge in [-0.15, -0.1) is 0 Å². The van der Waals surface area contributed by atoms with Crippen molar-refractivity contribution in [2.24, 2.45) is 0 Å². The molecule has 1 saturated heterocycles. The highest BCUT2D eigenvalue weighted by atomic mass is 16.5. The molecule has 1 aliphatic rings. The van der Waals surface area contributed by atoms with Crippen molar-refractivity contribution in [3.05, 3.63) is 46.6 Å². The van der Waals surface area contributed by atoms with Crippen LogP contribution >= 0.6 is 0 Å². The normalized spacial score (nSPS) is 14.9. The summed E-state index contributed by atoms with van der Waals surface area (Å²) in [5, 5.41) is 7.55. The van der Waals surface area contributed by atoms with Crippen LogP contribution in [0.15, 0.2) is 35.4 Å². The van der Waals surface area contributed by atoms with Gasteiger partial charge >= 0.3 is 0 Å². The van der Waals surface area contributed by atoms with Crippen molar-refractivity contribution in [1.82, 2.24) is 20.1 Å². The lowest BCUT2D eigenvalue weighted by Gasteiger charge is -2.28. The van der Waals surface area contributed by atoms with Crippen molar-refractivity contribution in [1.29, 1.82) is 0 Å². The topological polar surface area (TPSA) is 72.3 Å². The monoisotopic (exact) mass is 301 g/mol. The maximum absolute atomic E-state index is 12.2. The zero-order chi connectivity index (χ0) is 15.4. The van der Waals surface area contributed by atoms with E-state index in [9.17, 15) is 4.79 Å². The van der Waals surface area contributed by atoms with E-state index in [-0.39, 0.29) is 5.56 Å². The van der Waals surface area contributed by atoms with Crippen LogP contribution in [0.3, 0.4) is 0 Å². The lowest BCUT2D eigenvalue weighted by molar-refractivity contribution is 0.413. The summed E-state index contributed by atoms with van der Waals surface area (Å²) in [6.45, 7) is 3.97. The zero-order valence-electron chi connectivity index (χ0n) is 12.5. The molecule has 116 valence electrons. The molecule has 3 rings (SSSR count). The SMILES string of the molecule is COc1ccnc(Cn2ncc(N3CCNCC3)cc2=O)c1. The molecule has 0 saturated carbocycles. The maximum atomic E-state index is 12.2. The molecule has 0 aromatic carbocycles. The van der Waals surface area contributed by atoms with Gasteiger partial charge in [0.25, 0.3) is 5.56 Å². The number of nitrogens with one attached hydrogen (secondary N) is 1. The highest BCUT2D eigenvalue weighted by molar-refractivity contribution is 5.43. The lowest BCUT2D eigenvalue weighted by Crippen LogP contribution is -2.44. The van der Waals surface area contributed by atoms with E-state index in [1.165, 1.54) is 4.68 Å². The van der Waals surface area contributed by atoms with E-state index in [2.05, 4.69) is 20.3 Å². The summed E-state index contributed by atoms with van der Waals surface area (Å²) >= 11 is 0. The molecule has 0 radical (unpaired) electrons. The molecular formula is C15H19N5O2. The van der Waals surface area contributed by atoms with Gasteiger partial charge in [0.15, 0.2) is 0 Å². The molecule has 0 bridgehead atoms. The van der Waals surface area contributed by atoms with Gasteiger partial charge in [-0.1, -0.05) is 0 Å². The Kier molecular flexibility index (Phi) is 4.34. The highest BCUT2D eigenvalue weighted by Gasteiger charge is 2.12. The smallest absolute Gasteiger partial charge is 0.269 e. The van der Waals surface area contributed by atoms with Gasteiger partial charge in [-0.2, -0.15) is 5.10 Å². The maximum Gasteiger partial charge on any atom is 0.269 e. The minimum Gasteiger partial charge on any atom is -0.497 e. The molecule has 0 unspecified atom stereocenters. The van der Waals surface area contributed by atoms with Crippen LogP contribution in [0.1, 0.15) is 5.69 Å². The van der Waals surface area contributed by atoms with E-state index in [1.807, 2.05) is 0 Å². The van der Waals surface area contributed by atoms with Crippen LogP contribution in [0, 0.1) is 0 Å². The summed E-state index contributed by atoms with van der Waals surface area (Å²) in [5.74, 6) is 0.718. The molecule has 1 fully saturated rings. The summed E-state index contributed by atoms with van der Waals surface area (Å²) in [4.78, 5) is 18.6. The Balaban J connectivity index is 1.78. The molecule has 0 spiro atoms. The zero-order valence-corrected chi connectivity index (χ0v) is 12.5. The third-order valence-electron chi connectivity index (χ3n) is 3.67. The number of piperazine rings is 1. The first-order valence-corrected chi connectivity index (χ1v) is 7.28. The highest BCUT2D eigenvalue weighted by Crippen LogP contribution is 2.12. The number of methoxy groups -OCH3 is 1. The van der Waals surface area contributed by atoms with Gasteiger partial charge < -0.3 is 15.0 Å². The van der Waals surface area contributed by atoms with Crippen LogP contribution in [0.25, 0.3) is 0 Å². The third-order valence-corrected chi connectivity index (χ3v) is 3.67. The van der Waals surface area contributed by atoms with Crippen molar-refractivity contribution < 1.29 is 4.74 Å². The first-order valence-electron chi connectivity index (χ1n) is 7.28. The summed E-state index contributed by atoms with van der Waals surface area (Å²) in [5.41, 5.74) is 1.49. The molecule has 7 heteroatoms. The van der Waals surface area contributed by atoms with Crippen LogP contribution in [-0.2, 0) is 6.54 Å². The molecular weight excluding hydrogens is 282 g/mol. The fourth-order valence-corrected chi connectivity index (χ4v) is 2.46. The quantitative estimate of drug-likeness (QED) is 0.864. The van der Waals surface area contributed by atoms with Gasteiger partial charge in [0.05, 0.1) is 31.2 Å². The Bertz CT molecular complexity index is 694. The first kappa shape index (κ1) is 14.5. The second-order valence-corrected chi connectivity index (χ2v) is 5.13. The third kappa shape index (κ3) is 3.25. The number of hydrogen-bond donors (Lipinski definition) is 1. The van der Waals surface area contributed by atoms with E-state index in [4.69, 9.17) is 4.74 Å². The van der Waals surface area contributed by atoms with Gasteiger partial charge in [-0.05, 0) is 6.07 Å². The van der Waals surface area contributed by atoms with Gasteiger partial charge in [0.2, 0.25) is 0 Å². The largest absolute Gasteiger partial charge is 0.497 e. The van der Waals surface area contributed by atoms with E-state index in [0.717, 1.165) is 43.3 Å². The van der Waals surface area contributed by atoms with Crippen LogP contribution in [0.5, 0.6) is 5.75 Å². The summed E-state index contributed by atoms with van der Waals surface area (Å²) in [7, 11) is 1.60. The van der Waals surface area contributed by atoms with E-state index >= 15 is 0 Å². The minimum atomic E-state index is -0.124. The van der Waals surface area contributed by atoms with Crippen molar-refractivity contribution in [2.75, 3.05) is 38.2 Å². The summed E-state index contributed by atoms with van der Waals surface area (Å²) < 4.78 is 6.57. The fourth-order valence-electron chi connectivity index (χ4n) is 2.46. The Morgan fingerprint density at radius 1 is 1.32 bits per heavy atom. The molecule has 0 aliphatic carbocycles. The Morgan fingerprint density at radius 3 is 2.86 bits per heavy atom. The van der Waals surface area contributed by atoms with E-state index < -0.39 is 0 Å². The molecule has 7 nitrogen and oxygen atoms in total. The van der Waals surface area contributed by atoms with Crippen LogP contribution in [0.2, 0.25) is 0 Å². The first-order chi connectivity index (χ1) is 10.8. The molecule has 3 heterocycles. The lowest BCUT2D eigenvalue weighted by atomic mass is 10.3. The van der Waals surface area contributed by atoms with Crippen LogP contribution < -0.4 is 20.5 Å². The Labute approximate surface area is 128 Å². The minimum absolute atomic E-state index is 0.124. The molecule has 22 heavy (non-hydrogen) atoms. The molecule has 2 aromatic rings. The fraction of sp³-hybridized carbons (Fsp3) is 0.400. The van der Waals surface area contributed by atoms with Crippen molar-refractivity contribution in [2.45, 2.75) is 6.54 Å². The average Bonchev–Trinajstić information content (AvgIpc) is 2.58. The van der Waals surface area contributed by atoms with Crippen LogP contribution in [-0.4, -0.2) is 48.1 Å². The van der Waals surface area contributed by atoms with Crippen molar-refractivity contribution in [3.63, 3.8) is 0 Å². The predicted octanol–water partition coefficient (Wildman–Crippen LogP) is 0.105. The standard InChI is InChI=1S/C15H19N5O2/c1-22-14-2-3-17-12(8-14)11-20-15(21)9-13(10-18-20)19-6-4-16-5-7-19/h2-3,8-10,16H,4-7,11H2,1H3. The second kappa shape index (κ2) is 6.57. The molecule has 1 N–H and O–H groups in total. The average molecular weight is 301 g/mol. The number of aromatic nitrogens is 3. The van der Waals surface area contributed by atoms with Crippen molar-refractivity contribution >= 4 is 5.69 Å². The number of rotatable bonds is 4. The number of anilines is 1. The summed E-state index contributed by atoms with van der Waals surface area (Å²) in [6.07, 6.45) is 3.40. The van der Waals surface area contributed by atoms with Crippen molar-refractivity contribution in [3.8, 4) is 5.75 Å². The van der Waals surface area contributed by atoms with Gasteiger partial charge in [0.1, 0.15) is 5.75 Å². The Morgan fingerprint density at radius 2 is 2.14 bits per heavy atom. The Hall–Kier alpha value is -2.41. The number of pyridine rings is 1. The number of ether oxygens (including phenoxy) is 1. The van der Waals surface area contributed by atoms with Crippen LogP contribution in [0.4, 0.5) is 5.69 Å². The molecule has 1 aliphatic heterocycles. The van der Waals surface area contributed by atoms with Gasteiger partial charge in [0, 0.05) is 44.5 Å². The van der Waals surface area contributed by atoms with Gasteiger partial charge in [-0.25, -0.2) is 4.68 Å². The molecule has 2 aromatic heterocycles.